The molecule has 0 atom stereocenters. The number of halogens is 1. The van der Waals surface area contributed by atoms with E-state index >= 15 is 0 Å². The average Bonchev–Trinajstić information content (AvgIpc) is 2.28. The number of rotatable bonds is 2. The lowest BCUT2D eigenvalue weighted by Crippen LogP contribution is -2.12. The molecule has 0 spiro atoms. The number of hydrogen-bond donors (Lipinski definition) is 2. The Balaban J connectivity index is 2.94. The molecule has 1 aromatic heterocycles. The summed E-state index contributed by atoms with van der Waals surface area (Å²) in [7, 11) is 0. The molecule has 0 aliphatic carbocycles. The molecule has 2 rings (SSSR count). The van der Waals surface area contributed by atoms with Crippen molar-refractivity contribution in [3.05, 3.63) is 33.4 Å². The summed E-state index contributed by atoms with van der Waals surface area (Å²) in [5.41, 5.74) is 8.18. The zero-order valence-corrected chi connectivity index (χ0v) is 12.7. The fourth-order valence-corrected chi connectivity index (χ4v) is 3.12. The Morgan fingerprint density at radius 1 is 1.28 bits per heavy atom. The first-order valence-corrected chi connectivity index (χ1v) is 6.82. The largest absolute Gasteiger partial charge is 0.323 e. The molecule has 0 amide bonds. The van der Waals surface area contributed by atoms with Crippen molar-refractivity contribution in [2.45, 2.75) is 33.6 Å². The number of fused-ring (bicyclic) bond motifs is 1. The van der Waals surface area contributed by atoms with Crippen molar-refractivity contribution >= 4 is 32.5 Å². The molecule has 3 N–H and O–H groups in total. The van der Waals surface area contributed by atoms with Crippen LogP contribution < -0.4 is 11.3 Å². The molecule has 0 radical (unpaired) electrons. The van der Waals surface area contributed by atoms with E-state index in [-0.39, 0.29) is 0 Å². The number of anilines is 1. The van der Waals surface area contributed by atoms with Crippen molar-refractivity contribution in [2.24, 2.45) is 5.84 Å². The van der Waals surface area contributed by atoms with Gasteiger partial charge in [-0.3, -0.25) is 10.8 Å². The minimum Gasteiger partial charge on any atom is -0.323 e. The Hall–Kier alpha value is -1.13. The van der Waals surface area contributed by atoms with E-state index in [1.54, 1.807) is 0 Å². The fourth-order valence-electron chi connectivity index (χ4n) is 2.45. The smallest absolute Gasteiger partial charge is 0.0868 e. The van der Waals surface area contributed by atoms with E-state index < -0.39 is 0 Å². The predicted molar refractivity (Wildman–Crippen MR) is 80.8 cm³/mol. The van der Waals surface area contributed by atoms with Crippen LogP contribution in [0.4, 0.5) is 5.69 Å². The first-order valence-electron chi connectivity index (χ1n) is 6.02. The lowest BCUT2D eigenvalue weighted by Gasteiger charge is -2.18. The summed E-state index contributed by atoms with van der Waals surface area (Å²) in [6.45, 7) is 8.41. The van der Waals surface area contributed by atoms with E-state index in [0.29, 0.717) is 5.92 Å². The summed E-state index contributed by atoms with van der Waals surface area (Å²) in [6, 6.07) is 4.19. The van der Waals surface area contributed by atoms with E-state index in [1.165, 1.54) is 11.1 Å². The molecule has 96 valence electrons. The van der Waals surface area contributed by atoms with Gasteiger partial charge in [-0.1, -0.05) is 13.8 Å². The maximum absolute atomic E-state index is 5.73. The third-order valence-corrected chi connectivity index (χ3v) is 3.74. The van der Waals surface area contributed by atoms with Crippen LogP contribution >= 0.6 is 15.9 Å². The van der Waals surface area contributed by atoms with E-state index in [0.717, 1.165) is 26.8 Å². The molecule has 2 aromatic rings. The third kappa shape index (κ3) is 2.10. The van der Waals surface area contributed by atoms with Gasteiger partial charge in [0.25, 0.3) is 0 Å². The molecule has 0 unspecified atom stereocenters. The van der Waals surface area contributed by atoms with Gasteiger partial charge in [0.1, 0.15) is 0 Å². The molecular weight excluding hydrogens is 290 g/mol. The van der Waals surface area contributed by atoms with Gasteiger partial charge in [0, 0.05) is 21.1 Å². The van der Waals surface area contributed by atoms with E-state index in [1.807, 2.05) is 6.92 Å². The number of pyridine rings is 1. The van der Waals surface area contributed by atoms with E-state index in [9.17, 15) is 0 Å². The number of nitrogens with zero attached hydrogens (tertiary/aromatic N) is 1. The van der Waals surface area contributed by atoms with Crippen LogP contribution in [0.15, 0.2) is 16.6 Å². The van der Waals surface area contributed by atoms with Crippen molar-refractivity contribution in [3.63, 3.8) is 0 Å². The highest BCUT2D eigenvalue weighted by atomic mass is 79.9. The molecule has 0 bridgehead atoms. The molecule has 3 nitrogen and oxygen atoms in total. The van der Waals surface area contributed by atoms with Gasteiger partial charge in [0.2, 0.25) is 0 Å². The van der Waals surface area contributed by atoms with Crippen LogP contribution in [0.5, 0.6) is 0 Å². The number of aromatic nitrogens is 1. The first kappa shape index (κ1) is 13.3. The zero-order valence-electron chi connectivity index (χ0n) is 11.1. The number of aryl methyl sites for hydroxylation is 2. The van der Waals surface area contributed by atoms with Gasteiger partial charge in [-0.05, 0) is 53.4 Å². The monoisotopic (exact) mass is 307 g/mol. The van der Waals surface area contributed by atoms with Crippen molar-refractivity contribution in [2.75, 3.05) is 5.43 Å². The molecule has 1 aromatic carbocycles. The molecule has 0 aliphatic heterocycles. The number of hydrogen-bond acceptors (Lipinski definition) is 3. The second-order valence-electron chi connectivity index (χ2n) is 4.93. The summed E-state index contributed by atoms with van der Waals surface area (Å²) in [5.74, 6) is 6.11. The fraction of sp³-hybridized carbons (Fsp3) is 0.357. The van der Waals surface area contributed by atoms with Crippen molar-refractivity contribution < 1.29 is 0 Å². The van der Waals surface area contributed by atoms with E-state index in [2.05, 4.69) is 54.3 Å². The summed E-state index contributed by atoms with van der Waals surface area (Å²) < 4.78 is 1.01. The minimum atomic E-state index is 0.382. The number of nitrogens with one attached hydrogen (secondary N) is 1. The second-order valence-corrected chi connectivity index (χ2v) is 5.78. The van der Waals surface area contributed by atoms with Gasteiger partial charge in [0.15, 0.2) is 0 Å². The Labute approximate surface area is 116 Å². The van der Waals surface area contributed by atoms with Crippen molar-refractivity contribution in [1.82, 2.24) is 4.98 Å². The highest BCUT2D eigenvalue weighted by molar-refractivity contribution is 9.10. The molecule has 0 fully saturated rings. The maximum Gasteiger partial charge on any atom is 0.0868 e. The molecule has 18 heavy (non-hydrogen) atoms. The van der Waals surface area contributed by atoms with Gasteiger partial charge in [-0.15, -0.1) is 0 Å². The normalized spacial score (nSPS) is 11.3. The molecule has 0 aliphatic rings. The van der Waals surface area contributed by atoms with Gasteiger partial charge in [-0.2, -0.15) is 0 Å². The quantitative estimate of drug-likeness (QED) is 0.650. The second kappa shape index (κ2) is 4.86. The summed E-state index contributed by atoms with van der Waals surface area (Å²) in [4.78, 5) is 4.70. The number of nitrogen functional groups attached to an aromatic ring is 1. The summed E-state index contributed by atoms with van der Waals surface area (Å²) in [6.07, 6.45) is 0. The van der Waals surface area contributed by atoms with Crippen LogP contribution in [0, 0.1) is 13.8 Å². The Morgan fingerprint density at radius 2 is 1.94 bits per heavy atom. The standard InChI is InChI=1S/C14H18BrN3/c1-7(2)12-9(4)17-13-10(14(12)18-16)5-8(3)6-11(13)15/h5-7H,16H2,1-4H3,(H,17,18). The topological polar surface area (TPSA) is 50.9 Å². The van der Waals surface area contributed by atoms with Crippen LogP contribution in [0.25, 0.3) is 10.9 Å². The minimum absolute atomic E-state index is 0.382. The van der Waals surface area contributed by atoms with Crippen LogP contribution in [-0.2, 0) is 0 Å². The number of hydrazine groups is 1. The summed E-state index contributed by atoms with van der Waals surface area (Å²) >= 11 is 3.58. The molecular formula is C14H18BrN3. The van der Waals surface area contributed by atoms with Crippen LogP contribution in [0.1, 0.15) is 36.6 Å². The van der Waals surface area contributed by atoms with Gasteiger partial charge in [0.05, 0.1) is 11.2 Å². The van der Waals surface area contributed by atoms with Crippen molar-refractivity contribution in [1.29, 1.82) is 0 Å². The van der Waals surface area contributed by atoms with Crippen LogP contribution in [-0.4, -0.2) is 4.98 Å². The molecule has 0 saturated carbocycles. The van der Waals surface area contributed by atoms with Gasteiger partial charge in [-0.25, -0.2) is 0 Å². The van der Waals surface area contributed by atoms with Crippen LogP contribution in [0.2, 0.25) is 0 Å². The Kier molecular flexibility index (Phi) is 3.59. The molecule has 4 heteroatoms. The number of benzene rings is 1. The summed E-state index contributed by atoms with van der Waals surface area (Å²) in [5, 5.41) is 1.07. The average molecular weight is 308 g/mol. The molecule has 1 heterocycles. The lowest BCUT2D eigenvalue weighted by molar-refractivity contribution is 0.848. The number of nitrogens with two attached hydrogens (primary N) is 1. The van der Waals surface area contributed by atoms with Crippen LogP contribution in [0.3, 0.4) is 0 Å². The highest BCUT2D eigenvalue weighted by Crippen LogP contribution is 2.36. The van der Waals surface area contributed by atoms with E-state index in [4.69, 9.17) is 10.8 Å². The zero-order chi connectivity index (χ0) is 13.4. The predicted octanol–water partition coefficient (Wildman–Crippen LogP) is 4.02. The SMILES string of the molecule is Cc1cc(Br)c2nc(C)c(C(C)C)c(NN)c2c1. The van der Waals surface area contributed by atoms with Gasteiger partial charge < -0.3 is 5.43 Å². The Bertz CT molecular complexity index is 606. The molecule has 0 saturated heterocycles. The van der Waals surface area contributed by atoms with Gasteiger partial charge >= 0.3 is 0 Å². The third-order valence-electron chi connectivity index (χ3n) is 3.14. The highest BCUT2D eigenvalue weighted by Gasteiger charge is 2.16. The maximum atomic E-state index is 5.73. The first-order chi connectivity index (χ1) is 8.45. The Morgan fingerprint density at radius 3 is 2.50 bits per heavy atom. The van der Waals surface area contributed by atoms with Crippen molar-refractivity contribution in [3.8, 4) is 0 Å². The lowest BCUT2D eigenvalue weighted by atomic mass is 9.96.